The average Bonchev–Trinajstić information content (AvgIpc) is 2.62. The highest BCUT2D eigenvalue weighted by Gasteiger charge is 2.22. The van der Waals surface area contributed by atoms with E-state index in [2.05, 4.69) is 10.2 Å². The highest BCUT2D eigenvalue weighted by Crippen LogP contribution is 2.11. The first-order valence-electron chi connectivity index (χ1n) is 8.73. The third-order valence-corrected chi connectivity index (χ3v) is 4.06. The minimum absolute atomic E-state index is 0.0364. The Kier molecular flexibility index (Phi) is 7.66. The summed E-state index contributed by atoms with van der Waals surface area (Å²) in [6, 6.07) is 5.74. The molecule has 0 aromatic heterocycles. The lowest BCUT2D eigenvalue weighted by Crippen LogP contribution is -2.51. The van der Waals surface area contributed by atoms with Gasteiger partial charge >= 0.3 is 0 Å². The number of hydrogen-bond donors (Lipinski definition) is 1. The second kappa shape index (κ2) is 9.98. The van der Waals surface area contributed by atoms with Gasteiger partial charge in [0.2, 0.25) is 11.8 Å². The highest BCUT2D eigenvalue weighted by atomic mass is 19.1. The Labute approximate surface area is 147 Å². The molecule has 1 heterocycles. The molecule has 0 atom stereocenters. The molecule has 1 saturated heterocycles. The van der Waals surface area contributed by atoms with Gasteiger partial charge in [0.1, 0.15) is 11.6 Å². The Balaban J connectivity index is 1.63. The SMILES string of the molecule is CCCNC(=O)CN1CCN(C(=O)CCOc2ccc(F)cc2)CC1. The lowest BCUT2D eigenvalue weighted by Gasteiger charge is -2.34. The van der Waals surface area contributed by atoms with Crippen molar-refractivity contribution in [1.29, 1.82) is 0 Å². The Bertz CT molecular complexity index is 557. The fraction of sp³-hybridized carbons (Fsp3) is 0.556. The van der Waals surface area contributed by atoms with E-state index in [4.69, 9.17) is 4.74 Å². The Morgan fingerprint density at radius 1 is 1.16 bits per heavy atom. The summed E-state index contributed by atoms with van der Waals surface area (Å²) in [7, 11) is 0. The number of ether oxygens (including phenoxy) is 1. The van der Waals surface area contributed by atoms with Crippen LogP contribution in [0.1, 0.15) is 19.8 Å². The summed E-state index contributed by atoms with van der Waals surface area (Å²) >= 11 is 0. The normalized spacial score (nSPS) is 15.0. The number of halogens is 1. The molecule has 1 fully saturated rings. The fourth-order valence-corrected chi connectivity index (χ4v) is 2.62. The third kappa shape index (κ3) is 6.70. The molecule has 2 amide bonds. The smallest absolute Gasteiger partial charge is 0.234 e. The van der Waals surface area contributed by atoms with Crippen LogP contribution in [-0.2, 0) is 9.59 Å². The fourth-order valence-electron chi connectivity index (χ4n) is 2.62. The van der Waals surface area contributed by atoms with Crippen molar-refractivity contribution >= 4 is 11.8 Å². The monoisotopic (exact) mass is 351 g/mol. The largest absolute Gasteiger partial charge is 0.493 e. The number of piperazine rings is 1. The van der Waals surface area contributed by atoms with Gasteiger partial charge in [-0.2, -0.15) is 0 Å². The maximum Gasteiger partial charge on any atom is 0.234 e. The van der Waals surface area contributed by atoms with Crippen LogP contribution in [0.5, 0.6) is 5.75 Å². The predicted octanol–water partition coefficient (Wildman–Crippen LogP) is 1.26. The summed E-state index contributed by atoms with van der Waals surface area (Å²) in [5.41, 5.74) is 0. The molecule has 0 bridgehead atoms. The van der Waals surface area contributed by atoms with Crippen LogP contribution in [0.4, 0.5) is 4.39 Å². The van der Waals surface area contributed by atoms with Crippen LogP contribution < -0.4 is 10.1 Å². The number of hydrogen-bond acceptors (Lipinski definition) is 4. The van der Waals surface area contributed by atoms with Gasteiger partial charge in [-0.15, -0.1) is 0 Å². The van der Waals surface area contributed by atoms with Crippen LogP contribution in [0.3, 0.4) is 0 Å². The van der Waals surface area contributed by atoms with Gasteiger partial charge in [-0.25, -0.2) is 4.39 Å². The van der Waals surface area contributed by atoms with Gasteiger partial charge in [0.25, 0.3) is 0 Å². The summed E-state index contributed by atoms with van der Waals surface area (Å²) in [6.45, 7) is 6.01. The van der Waals surface area contributed by atoms with Crippen LogP contribution in [-0.4, -0.2) is 67.5 Å². The first-order chi connectivity index (χ1) is 12.1. The van der Waals surface area contributed by atoms with Crippen LogP contribution in [0.25, 0.3) is 0 Å². The summed E-state index contributed by atoms with van der Waals surface area (Å²) in [5, 5.41) is 2.86. The molecule has 6 nitrogen and oxygen atoms in total. The number of nitrogens with one attached hydrogen (secondary N) is 1. The topological polar surface area (TPSA) is 61.9 Å². The Hall–Kier alpha value is -2.15. The number of nitrogens with zero attached hydrogens (tertiary/aromatic N) is 2. The standard InChI is InChI=1S/C18H26FN3O3/c1-2-8-20-17(23)14-21-9-11-22(12-10-21)18(24)7-13-25-16-5-3-15(19)4-6-16/h3-6H,2,7-14H2,1H3,(H,20,23). The molecule has 1 aromatic carbocycles. The van der Waals surface area contributed by atoms with E-state index in [0.29, 0.717) is 45.0 Å². The minimum atomic E-state index is -0.315. The minimum Gasteiger partial charge on any atom is -0.493 e. The first-order valence-corrected chi connectivity index (χ1v) is 8.73. The van der Waals surface area contributed by atoms with Gasteiger partial charge < -0.3 is 15.0 Å². The first kappa shape index (κ1) is 19.2. The van der Waals surface area contributed by atoms with Crippen molar-refractivity contribution in [1.82, 2.24) is 15.1 Å². The zero-order valence-electron chi connectivity index (χ0n) is 14.7. The number of rotatable bonds is 8. The molecule has 1 aromatic rings. The van der Waals surface area contributed by atoms with Gasteiger partial charge in [0.05, 0.1) is 19.6 Å². The lowest BCUT2D eigenvalue weighted by atomic mass is 10.2. The van der Waals surface area contributed by atoms with E-state index in [9.17, 15) is 14.0 Å². The number of carbonyl (C=O) groups is 2. The van der Waals surface area contributed by atoms with E-state index < -0.39 is 0 Å². The zero-order chi connectivity index (χ0) is 18.1. The average molecular weight is 351 g/mol. The molecule has 1 aliphatic heterocycles. The molecule has 0 saturated carbocycles. The third-order valence-electron chi connectivity index (χ3n) is 4.06. The summed E-state index contributed by atoms with van der Waals surface area (Å²) in [6.07, 6.45) is 1.21. The summed E-state index contributed by atoms with van der Waals surface area (Å²) < 4.78 is 18.3. The highest BCUT2D eigenvalue weighted by molar-refractivity contribution is 5.78. The van der Waals surface area contributed by atoms with E-state index in [-0.39, 0.29) is 30.7 Å². The van der Waals surface area contributed by atoms with Gasteiger partial charge in [0.15, 0.2) is 0 Å². The predicted molar refractivity (Wildman–Crippen MR) is 92.8 cm³/mol. The van der Waals surface area contributed by atoms with Gasteiger partial charge in [0, 0.05) is 32.7 Å². The molecule has 2 rings (SSSR count). The van der Waals surface area contributed by atoms with Crippen LogP contribution in [0.2, 0.25) is 0 Å². The molecule has 0 aliphatic carbocycles. The molecule has 1 N–H and O–H groups in total. The van der Waals surface area contributed by atoms with Crippen molar-refractivity contribution in [3.8, 4) is 5.75 Å². The Morgan fingerprint density at radius 2 is 1.84 bits per heavy atom. The van der Waals surface area contributed by atoms with E-state index in [1.807, 2.05) is 6.92 Å². The van der Waals surface area contributed by atoms with Crippen molar-refractivity contribution in [3.63, 3.8) is 0 Å². The number of carbonyl (C=O) groups excluding carboxylic acids is 2. The molecule has 25 heavy (non-hydrogen) atoms. The van der Waals surface area contributed by atoms with Crippen molar-refractivity contribution in [2.45, 2.75) is 19.8 Å². The molecule has 138 valence electrons. The zero-order valence-corrected chi connectivity index (χ0v) is 14.7. The van der Waals surface area contributed by atoms with Crippen LogP contribution in [0.15, 0.2) is 24.3 Å². The number of amides is 2. The maximum absolute atomic E-state index is 12.8. The Morgan fingerprint density at radius 3 is 2.48 bits per heavy atom. The van der Waals surface area contributed by atoms with Gasteiger partial charge in [-0.1, -0.05) is 6.92 Å². The molecule has 1 aliphatic rings. The van der Waals surface area contributed by atoms with E-state index in [1.165, 1.54) is 12.1 Å². The van der Waals surface area contributed by atoms with Crippen molar-refractivity contribution in [3.05, 3.63) is 30.1 Å². The van der Waals surface area contributed by atoms with Gasteiger partial charge in [-0.05, 0) is 30.7 Å². The molecule has 0 spiro atoms. The van der Waals surface area contributed by atoms with Crippen LogP contribution in [0, 0.1) is 5.82 Å². The number of benzene rings is 1. The van der Waals surface area contributed by atoms with E-state index in [0.717, 1.165) is 6.42 Å². The quantitative estimate of drug-likeness (QED) is 0.766. The van der Waals surface area contributed by atoms with E-state index >= 15 is 0 Å². The van der Waals surface area contributed by atoms with Crippen LogP contribution >= 0.6 is 0 Å². The molecule has 0 radical (unpaired) electrons. The van der Waals surface area contributed by atoms with Crippen molar-refractivity contribution < 1.29 is 18.7 Å². The maximum atomic E-state index is 12.8. The molecular weight excluding hydrogens is 325 g/mol. The van der Waals surface area contributed by atoms with Crippen molar-refractivity contribution in [2.75, 3.05) is 45.9 Å². The second-order valence-electron chi connectivity index (χ2n) is 6.06. The molecule has 7 heteroatoms. The second-order valence-corrected chi connectivity index (χ2v) is 6.06. The lowest BCUT2D eigenvalue weighted by molar-refractivity contribution is -0.133. The van der Waals surface area contributed by atoms with Gasteiger partial charge in [-0.3, -0.25) is 14.5 Å². The summed E-state index contributed by atoms with van der Waals surface area (Å²) in [4.78, 5) is 27.8. The molecule has 0 unspecified atom stereocenters. The molecular formula is C18H26FN3O3. The summed E-state index contributed by atoms with van der Waals surface area (Å²) in [5.74, 6) is 0.313. The van der Waals surface area contributed by atoms with E-state index in [1.54, 1.807) is 17.0 Å². The van der Waals surface area contributed by atoms with Crippen molar-refractivity contribution in [2.24, 2.45) is 0 Å².